The molecular weight excluding hydrogens is 202 g/mol. The molecular formula is C13H21NO2. The molecule has 3 nitrogen and oxygen atoms in total. The number of hydrogen-bond acceptors (Lipinski definition) is 3. The summed E-state index contributed by atoms with van der Waals surface area (Å²) < 4.78 is 0. The Morgan fingerprint density at radius 2 is 1.69 bits per heavy atom. The molecule has 0 aromatic heterocycles. The van der Waals surface area contributed by atoms with E-state index in [9.17, 15) is 5.11 Å². The molecule has 0 aliphatic rings. The van der Waals surface area contributed by atoms with Crippen molar-refractivity contribution in [3.8, 4) is 5.75 Å². The molecule has 2 atom stereocenters. The van der Waals surface area contributed by atoms with Gasteiger partial charge in [-0.15, -0.1) is 0 Å². The SMILES string of the molecule is CC(C)(C)[C@@H](N)C[C@@H](O)c1ccc(O)cc1. The molecule has 0 saturated carbocycles. The lowest BCUT2D eigenvalue weighted by molar-refractivity contribution is 0.133. The van der Waals surface area contributed by atoms with Crippen LogP contribution in [-0.4, -0.2) is 16.3 Å². The zero-order valence-corrected chi connectivity index (χ0v) is 10.1. The van der Waals surface area contributed by atoms with Crippen LogP contribution < -0.4 is 5.73 Å². The summed E-state index contributed by atoms with van der Waals surface area (Å²) in [5.41, 5.74) is 6.78. The van der Waals surface area contributed by atoms with Gasteiger partial charge in [0.05, 0.1) is 6.10 Å². The van der Waals surface area contributed by atoms with E-state index in [0.29, 0.717) is 6.42 Å². The van der Waals surface area contributed by atoms with Gasteiger partial charge in [-0.1, -0.05) is 32.9 Å². The smallest absolute Gasteiger partial charge is 0.115 e. The maximum atomic E-state index is 9.98. The van der Waals surface area contributed by atoms with Crippen molar-refractivity contribution in [1.82, 2.24) is 0 Å². The van der Waals surface area contributed by atoms with Crippen LogP contribution in [0.4, 0.5) is 0 Å². The highest BCUT2D eigenvalue weighted by molar-refractivity contribution is 5.27. The maximum absolute atomic E-state index is 9.98. The molecule has 0 heterocycles. The minimum absolute atomic E-state index is 0.0160. The average Bonchev–Trinajstić information content (AvgIpc) is 2.17. The molecule has 90 valence electrons. The molecule has 0 spiro atoms. The lowest BCUT2D eigenvalue weighted by Gasteiger charge is -2.29. The standard InChI is InChI=1S/C13H21NO2/c1-13(2,3)12(14)8-11(16)9-4-6-10(15)7-5-9/h4-7,11-12,15-16H,8,14H2,1-3H3/t11-,12+/m1/s1. The van der Waals surface area contributed by atoms with E-state index in [1.807, 2.05) is 0 Å². The Hall–Kier alpha value is -1.06. The second kappa shape index (κ2) is 4.85. The van der Waals surface area contributed by atoms with Crippen molar-refractivity contribution in [2.24, 2.45) is 11.1 Å². The Morgan fingerprint density at radius 1 is 1.19 bits per heavy atom. The first-order chi connectivity index (χ1) is 7.30. The highest BCUT2D eigenvalue weighted by atomic mass is 16.3. The molecule has 1 rings (SSSR count). The summed E-state index contributed by atoms with van der Waals surface area (Å²) in [6, 6.07) is 6.52. The third-order valence-corrected chi connectivity index (χ3v) is 2.87. The van der Waals surface area contributed by atoms with Crippen molar-refractivity contribution in [2.75, 3.05) is 0 Å². The first-order valence-corrected chi connectivity index (χ1v) is 5.53. The summed E-state index contributed by atoms with van der Waals surface area (Å²) >= 11 is 0. The van der Waals surface area contributed by atoms with Crippen molar-refractivity contribution in [1.29, 1.82) is 0 Å². The number of nitrogens with two attached hydrogens (primary N) is 1. The molecule has 16 heavy (non-hydrogen) atoms. The fraction of sp³-hybridized carbons (Fsp3) is 0.538. The first kappa shape index (κ1) is 13.0. The van der Waals surface area contributed by atoms with Gasteiger partial charge in [-0.25, -0.2) is 0 Å². The van der Waals surface area contributed by atoms with Crippen LogP contribution in [0.1, 0.15) is 38.9 Å². The number of benzene rings is 1. The zero-order valence-electron chi connectivity index (χ0n) is 10.1. The molecule has 0 saturated heterocycles. The number of hydrogen-bond donors (Lipinski definition) is 3. The van der Waals surface area contributed by atoms with Crippen molar-refractivity contribution >= 4 is 0 Å². The van der Waals surface area contributed by atoms with Crippen LogP contribution in [0.5, 0.6) is 5.75 Å². The lowest BCUT2D eigenvalue weighted by Crippen LogP contribution is -2.36. The molecule has 0 amide bonds. The van der Waals surface area contributed by atoms with Gasteiger partial charge in [0.1, 0.15) is 5.75 Å². The van der Waals surface area contributed by atoms with E-state index in [4.69, 9.17) is 10.8 Å². The summed E-state index contributed by atoms with van der Waals surface area (Å²) in [5.74, 6) is 0.205. The van der Waals surface area contributed by atoms with Gasteiger partial charge in [-0.05, 0) is 29.5 Å². The largest absolute Gasteiger partial charge is 0.508 e. The summed E-state index contributed by atoms with van der Waals surface area (Å²) in [5, 5.41) is 19.1. The van der Waals surface area contributed by atoms with Crippen LogP contribution >= 0.6 is 0 Å². The number of aliphatic hydroxyl groups is 1. The quantitative estimate of drug-likeness (QED) is 0.736. The Kier molecular flexibility index (Phi) is 3.94. The third-order valence-electron chi connectivity index (χ3n) is 2.87. The fourth-order valence-corrected chi connectivity index (χ4v) is 1.43. The van der Waals surface area contributed by atoms with Gasteiger partial charge in [-0.2, -0.15) is 0 Å². The summed E-state index contributed by atoms with van der Waals surface area (Å²) in [6.07, 6.45) is -0.0521. The summed E-state index contributed by atoms with van der Waals surface area (Å²) in [7, 11) is 0. The van der Waals surface area contributed by atoms with E-state index < -0.39 is 6.10 Å². The molecule has 0 aliphatic carbocycles. The normalized spacial score (nSPS) is 15.8. The van der Waals surface area contributed by atoms with Gasteiger partial charge in [-0.3, -0.25) is 0 Å². The van der Waals surface area contributed by atoms with Crippen molar-refractivity contribution < 1.29 is 10.2 Å². The number of phenolic OH excluding ortho intramolecular Hbond substituents is 1. The monoisotopic (exact) mass is 223 g/mol. The van der Waals surface area contributed by atoms with Gasteiger partial charge in [0, 0.05) is 6.04 Å². The summed E-state index contributed by atoms with van der Waals surface area (Å²) in [4.78, 5) is 0. The van der Waals surface area contributed by atoms with Crippen LogP contribution in [-0.2, 0) is 0 Å². The fourth-order valence-electron chi connectivity index (χ4n) is 1.43. The topological polar surface area (TPSA) is 66.5 Å². The number of phenols is 1. The lowest BCUT2D eigenvalue weighted by atomic mass is 9.83. The van der Waals surface area contributed by atoms with Gasteiger partial charge < -0.3 is 15.9 Å². The molecule has 1 aromatic rings. The van der Waals surface area contributed by atoms with Crippen LogP contribution in [0.3, 0.4) is 0 Å². The number of rotatable bonds is 3. The van der Waals surface area contributed by atoms with Crippen molar-refractivity contribution in [3.63, 3.8) is 0 Å². The van der Waals surface area contributed by atoms with E-state index in [1.54, 1.807) is 24.3 Å². The van der Waals surface area contributed by atoms with Crippen LogP contribution in [0, 0.1) is 5.41 Å². The molecule has 0 fully saturated rings. The Morgan fingerprint density at radius 3 is 2.12 bits per heavy atom. The highest BCUT2D eigenvalue weighted by Crippen LogP contribution is 2.27. The van der Waals surface area contributed by atoms with E-state index in [2.05, 4.69) is 20.8 Å². The Bertz CT molecular complexity index is 327. The van der Waals surface area contributed by atoms with E-state index in [0.717, 1.165) is 5.56 Å². The van der Waals surface area contributed by atoms with Gasteiger partial charge in [0.15, 0.2) is 0 Å². The van der Waals surface area contributed by atoms with E-state index in [1.165, 1.54) is 0 Å². The van der Waals surface area contributed by atoms with E-state index >= 15 is 0 Å². The van der Waals surface area contributed by atoms with Gasteiger partial charge in [0.2, 0.25) is 0 Å². The number of aliphatic hydroxyl groups excluding tert-OH is 1. The maximum Gasteiger partial charge on any atom is 0.115 e. The summed E-state index contributed by atoms with van der Waals surface area (Å²) in [6.45, 7) is 6.17. The van der Waals surface area contributed by atoms with Crippen molar-refractivity contribution in [2.45, 2.75) is 39.3 Å². The first-order valence-electron chi connectivity index (χ1n) is 5.53. The molecule has 4 N–H and O–H groups in total. The predicted octanol–water partition coefficient (Wildman–Crippen LogP) is 2.19. The van der Waals surface area contributed by atoms with Crippen LogP contribution in [0.25, 0.3) is 0 Å². The van der Waals surface area contributed by atoms with Gasteiger partial charge in [0.25, 0.3) is 0 Å². The minimum atomic E-state index is -0.574. The predicted molar refractivity (Wildman–Crippen MR) is 65.1 cm³/mol. The highest BCUT2D eigenvalue weighted by Gasteiger charge is 2.23. The van der Waals surface area contributed by atoms with Crippen LogP contribution in [0.2, 0.25) is 0 Å². The zero-order chi connectivity index (χ0) is 12.3. The van der Waals surface area contributed by atoms with E-state index in [-0.39, 0.29) is 17.2 Å². The third kappa shape index (κ3) is 3.51. The Balaban J connectivity index is 2.65. The molecule has 0 aliphatic heterocycles. The molecule has 1 aromatic carbocycles. The van der Waals surface area contributed by atoms with Gasteiger partial charge >= 0.3 is 0 Å². The molecule has 0 radical (unpaired) electrons. The second-order valence-electron chi connectivity index (χ2n) is 5.32. The minimum Gasteiger partial charge on any atom is -0.508 e. The molecule has 3 heteroatoms. The molecule has 0 unspecified atom stereocenters. The van der Waals surface area contributed by atoms with Crippen LogP contribution in [0.15, 0.2) is 24.3 Å². The molecule has 0 bridgehead atoms. The van der Waals surface area contributed by atoms with Crippen molar-refractivity contribution in [3.05, 3.63) is 29.8 Å². The Labute approximate surface area is 96.9 Å². The number of aromatic hydroxyl groups is 1. The second-order valence-corrected chi connectivity index (χ2v) is 5.32. The average molecular weight is 223 g/mol.